The monoisotopic (exact) mass is 541 g/mol. The standard InChI is InChI=1S/C28H36FN5O3S/c1-4-5-6-7-8-9-14-32(2)25(19-35)34-17-22(16-30-27(34)37)15-23-18-33(3)28(31-26(23)36)38-20-21-10-12-24(29)13-11-21/h10-13,16-19,25H,4-9,14-15,20H2,1-3H3. The molecule has 0 bridgehead atoms. The number of rotatable bonds is 15. The summed E-state index contributed by atoms with van der Waals surface area (Å²) < 4.78 is 16.2. The molecule has 3 aromatic rings. The Morgan fingerprint density at radius 3 is 2.47 bits per heavy atom. The molecule has 1 unspecified atom stereocenters. The van der Waals surface area contributed by atoms with E-state index in [1.54, 1.807) is 29.1 Å². The molecule has 0 aliphatic heterocycles. The first kappa shape index (κ1) is 29.4. The maximum Gasteiger partial charge on any atom is 0.349 e. The number of benzene rings is 1. The van der Waals surface area contributed by atoms with Crippen LogP contribution in [0.1, 0.15) is 68.3 Å². The number of aldehydes is 1. The van der Waals surface area contributed by atoms with Gasteiger partial charge in [0.05, 0.1) is 0 Å². The number of unbranched alkanes of at least 4 members (excludes halogenated alkanes) is 5. The van der Waals surface area contributed by atoms with E-state index < -0.39 is 11.9 Å². The predicted octanol–water partition coefficient (Wildman–Crippen LogP) is 4.35. The van der Waals surface area contributed by atoms with Gasteiger partial charge in [-0.2, -0.15) is 4.98 Å². The van der Waals surface area contributed by atoms with Gasteiger partial charge in [0.25, 0.3) is 5.56 Å². The van der Waals surface area contributed by atoms with E-state index in [-0.39, 0.29) is 17.8 Å². The molecule has 38 heavy (non-hydrogen) atoms. The Hall–Kier alpha value is -3.11. The third kappa shape index (κ3) is 8.46. The average molecular weight is 542 g/mol. The van der Waals surface area contributed by atoms with Crippen LogP contribution in [-0.4, -0.2) is 43.9 Å². The summed E-state index contributed by atoms with van der Waals surface area (Å²) in [5.74, 6) is 0.257. The fraction of sp³-hybridized carbons (Fsp3) is 0.464. The summed E-state index contributed by atoms with van der Waals surface area (Å²) in [4.78, 5) is 47.3. The van der Waals surface area contributed by atoms with Crippen molar-refractivity contribution < 1.29 is 9.18 Å². The molecular formula is C28H36FN5O3S. The minimum atomic E-state index is -0.767. The normalized spacial score (nSPS) is 12.1. The Labute approximate surface area is 226 Å². The highest BCUT2D eigenvalue weighted by Gasteiger charge is 2.18. The molecule has 10 heteroatoms. The summed E-state index contributed by atoms with van der Waals surface area (Å²) in [6.45, 7) is 2.87. The lowest BCUT2D eigenvalue weighted by Crippen LogP contribution is -2.38. The van der Waals surface area contributed by atoms with Crippen molar-refractivity contribution in [2.75, 3.05) is 13.6 Å². The fourth-order valence-corrected chi connectivity index (χ4v) is 5.09. The van der Waals surface area contributed by atoms with E-state index in [9.17, 15) is 18.8 Å². The lowest BCUT2D eigenvalue weighted by molar-refractivity contribution is -0.114. The Kier molecular flexibility index (Phi) is 11.4. The maximum atomic E-state index is 13.1. The number of likely N-dealkylation sites (N-methyl/N-ethyl adjacent to an activating group) is 1. The van der Waals surface area contributed by atoms with Crippen molar-refractivity contribution in [3.05, 3.63) is 86.2 Å². The van der Waals surface area contributed by atoms with E-state index in [0.29, 0.717) is 28.6 Å². The fourth-order valence-electron chi connectivity index (χ4n) is 4.19. The van der Waals surface area contributed by atoms with Crippen molar-refractivity contribution in [1.29, 1.82) is 0 Å². The Bertz CT molecular complexity index is 1310. The van der Waals surface area contributed by atoms with Gasteiger partial charge < -0.3 is 4.57 Å². The second-order valence-electron chi connectivity index (χ2n) is 9.51. The number of aryl methyl sites for hydroxylation is 1. The lowest BCUT2D eigenvalue weighted by atomic mass is 10.1. The molecule has 0 amide bonds. The zero-order chi connectivity index (χ0) is 27.5. The average Bonchev–Trinajstić information content (AvgIpc) is 2.90. The second kappa shape index (κ2) is 14.7. The number of halogens is 1. The molecular weight excluding hydrogens is 505 g/mol. The van der Waals surface area contributed by atoms with Gasteiger partial charge in [0.15, 0.2) is 11.4 Å². The van der Waals surface area contributed by atoms with E-state index >= 15 is 0 Å². The van der Waals surface area contributed by atoms with Gasteiger partial charge >= 0.3 is 5.69 Å². The summed E-state index contributed by atoms with van der Waals surface area (Å²) >= 11 is 1.39. The topological polar surface area (TPSA) is 90.1 Å². The maximum absolute atomic E-state index is 13.1. The first-order valence-corrected chi connectivity index (χ1v) is 14.0. The Morgan fingerprint density at radius 1 is 1.05 bits per heavy atom. The molecule has 0 saturated carbocycles. The van der Waals surface area contributed by atoms with E-state index in [0.717, 1.165) is 31.1 Å². The number of hydrogen-bond acceptors (Lipinski definition) is 7. The van der Waals surface area contributed by atoms with Crippen molar-refractivity contribution >= 4 is 18.0 Å². The summed E-state index contributed by atoms with van der Waals surface area (Å²) in [5.41, 5.74) is 1.13. The number of carbonyl (C=O) groups excluding carboxylic acids is 1. The molecule has 0 spiro atoms. The van der Waals surface area contributed by atoms with Crippen LogP contribution in [0.15, 0.2) is 57.6 Å². The van der Waals surface area contributed by atoms with Gasteiger partial charge in [0.2, 0.25) is 0 Å². The van der Waals surface area contributed by atoms with Crippen molar-refractivity contribution in [1.82, 2.24) is 24.0 Å². The second-order valence-corrected chi connectivity index (χ2v) is 10.4. The number of thioether (sulfide) groups is 1. The summed E-state index contributed by atoms with van der Waals surface area (Å²) in [6, 6.07) is 6.21. The molecule has 2 heterocycles. The molecule has 2 aromatic heterocycles. The van der Waals surface area contributed by atoms with Crippen LogP contribution in [0.4, 0.5) is 4.39 Å². The SMILES string of the molecule is CCCCCCCCN(C)C(C=O)n1cc(Cc2cn(C)c(SCc3ccc(F)cc3)nc2=O)cnc1=O. The van der Waals surface area contributed by atoms with Crippen LogP contribution in [-0.2, 0) is 24.0 Å². The highest BCUT2D eigenvalue weighted by molar-refractivity contribution is 7.98. The Balaban J connectivity index is 1.68. The zero-order valence-corrected chi connectivity index (χ0v) is 23.1. The number of carbonyl (C=O) groups is 1. The van der Waals surface area contributed by atoms with Gasteiger partial charge in [0, 0.05) is 49.9 Å². The van der Waals surface area contributed by atoms with Crippen LogP contribution in [0.25, 0.3) is 0 Å². The predicted molar refractivity (Wildman–Crippen MR) is 148 cm³/mol. The number of nitrogens with zero attached hydrogens (tertiary/aromatic N) is 5. The molecule has 8 nitrogen and oxygen atoms in total. The smallest absolute Gasteiger partial charge is 0.330 e. The quantitative estimate of drug-likeness (QED) is 0.122. The molecule has 0 aliphatic rings. The van der Waals surface area contributed by atoms with E-state index in [1.165, 1.54) is 53.9 Å². The molecule has 0 fully saturated rings. The van der Waals surface area contributed by atoms with Gasteiger partial charge in [-0.1, -0.05) is 62.9 Å². The van der Waals surface area contributed by atoms with Crippen molar-refractivity contribution in [2.24, 2.45) is 7.05 Å². The van der Waals surface area contributed by atoms with Crippen LogP contribution in [0.5, 0.6) is 0 Å². The van der Waals surface area contributed by atoms with Crippen molar-refractivity contribution in [2.45, 2.75) is 68.9 Å². The van der Waals surface area contributed by atoms with E-state index in [2.05, 4.69) is 16.9 Å². The molecule has 3 rings (SSSR count). The van der Waals surface area contributed by atoms with Crippen LogP contribution < -0.4 is 11.2 Å². The summed E-state index contributed by atoms with van der Waals surface area (Å²) in [5, 5.41) is 0.545. The van der Waals surface area contributed by atoms with Crippen molar-refractivity contribution in [3.8, 4) is 0 Å². The van der Waals surface area contributed by atoms with Gasteiger partial charge in [0.1, 0.15) is 12.0 Å². The molecule has 0 aliphatic carbocycles. The third-order valence-corrected chi connectivity index (χ3v) is 7.50. The first-order valence-electron chi connectivity index (χ1n) is 13.0. The lowest BCUT2D eigenvalue weighted by Gasteiger charge is -2.25. The molecule has 0 N–H and O–H groups in total. The highest BCUT2D eigenvalue weighted by Crippen LogP contribution is 2.20. The van der Waals surface area contributed by atoms with Gasteiger partial charge in [-0.25, -0.2) is 14.2 Å². The number of aromatic nitrogens is 4. The van der Waals surface area contributed by atoms with Crippen LogP contribution in [0, 0.1) is 5.82 Å². The van der Waals surface area contributed by atoms with Crippen LogP contribution in [0.3, 0.4) is 0 Å². The van der Waals surface area contributed by atoms with Crippen LogP contribution in [0.2, 0.25) is 0 Å². The summed E-state index contributed by atoms with van der Waals surface area (Å²) in [7, 11) is 3.63. The highest BCUT2D eigenvalue weighted by atomic mass is 32.2. The van der Waals surface area contributed by atoms with Gasteiger partial charge in [-0.05, 0) is 36.7 Å². The molecule has 0 radical (unpaired) electrons. The van der Waals surface area contributed by atoms with E-state index in [1.807, 2.05) is 19.0 Å². The molecule has 0 saturated heterocycles. The number of hydrogen-bond donors (Lipinski definition) is 0. The Morgan fingerprint density at radius 2 is 1.76 bits per heavy atom. The third-order valence-electron chi connectivity index (χ3n) is 6.39. The van der Waals surface area contributed by atoms with Crippen molar-refractivity contribution in [3.63, 3.8) is 0 Å². The van der Waals surface area contributed by atoms with Gasteiger partial charge in [-0.3, -0.25) is 19.1 Å². The minimum absolute atomic E-state index is 0.225. The van der Waals surface area contributed by atoms with E-state index in [4.69, 9.17) is 0 Å². The zero-order valence-electron chi connectivity index (χ0n) is 22.3. The largest absolute Gasteiger partial charge is 0.349 e. The molecule has 1 atom stereocenters. The minimum Gasteiger partial charge on any atom is -0.330 e. The molecule has 204 valence electrons. The molecule has 1 aromatic carbocycles. The van der Waals surface area contributed by atoms with Crippen LogP contribution >= 0.6 is 11.8 Å². The van der Waals surface area contributed by atoms with Gasteiger partial charge in [-0.15, -0.1) is 0 Å². The summed E-state index contributed by atoms with van der Waals surface area (Å²) in [6.07, 6.45) is 11.8. The first-order chi connectivity index (χ1) is 18.3.